The summed E-state index contributed by atoms with van der Waals surface area (Å²) < 4.78 is 2.12. The van der Waals surface area contributed by atoms with Gasteiger partial charge in [-0.1, -0.05) is 66.7 Å². The molecule has 0 unspecified atom stereocenters. The topological polar surface area (TPSA) is 42.2 Å². The second kappa shape index (κ2) is 7.84. The Labute approximate surface area is 175 Å². The number of hydrogen-bond acceptors (Lipinski definition) is 3. The molecule has 1 N–H and O–H groups in total. The van der Waals surface area contributed by atoms with Crippen molar-refractivity contribution in [2.75, 3.05) is 5.32 Å². The first kappa shape index (κ1) is 18.1. The monoisotopic (exact) mass is 390 g/mol. The van der Waals surface area contributed by atoms with Crippen molar-refractivity contribution in [3.05, 3.63) is 109 Å². The van der Waals surface area contributed by atoms with Gasteiger partial charge in [-0.25, -0.2) is 4.98 Å². The fourth-order valence-electron chi connectivity index (χ4n) is 3.65. The Hall–Kier alpha value is -3.92. The van der Waals surface area contributed by atoms with Gasteiger partial charge in [-0.2, -0.15) is 0 Å². The van der Waals surface area contributed by atoms with Crippen LogP contribution in [-0.4, -0.2) is 14.4 Å². The lowest BCUT2D eigenvalue weighted by molar-refractivity contribution is 1.13. The van der Waals surface area contributed by atoms with E-state index in [1.807, 2.05) is 30.6 Å². The maximum absolute atomic E-state index is 4.63. The average Bonchev–Trinajstić information content (AvgIpc) is 3.22. The Morgan fingerprint density at radius 3 is 2.37 bits per heavy atom. The molecule has 0 aliphatic carbocycles. The molecule has 0 saturated heterocycles. The van der Waals surface area contributed by atoms with E-state index < -0.39 is 0 Å². The summed E-state index contributed by atoms with van der Waals surface area (Å²) in [5, 5.41) is 3.44. The number of fused-ring (bicyclic) bond motifs is 1. The van der Waals surface area contributed by atoms with E-state index in [9.17, 15) is 0 Å². The van der Waals surface area contributed by atoms with Crippen LogP contribution in [-0.2, 0) is 6.54 Å². The van der Waals surface area contributed by atoms with Crippen LogP contribution < -0.4 is 5.32 Å². The maximum atomic E-state index is 4.63. The van der Waals surface area contributed by atoms with Gasteiger partial charge in [0.1, 0.15) is 0 Å². The van der Waals surface area contributed by atoms with E-state index in [2.05, 4.69) is 93.5 Å². The molecule has 4 nitrogen and oxygen atoms in total. The van der Waals surface area contributed by atoms with Gasteiger partial charge in [0, 0.05) is 29.6 Å². The van der Waals surface area contributed by atoms with E-state index in [0.29, 0.717) is 0 Å². The third kappa shape index (κ3) is 3.55. The fraction of sp³-hybridized carbons (Fsp3) is 0.0769. The molecule has 3 aromatic carbocycles. The minimum Gasteiger partial charge on any atom is -0.381 e. The van der Waals surface area contributed by atoms with Crippen molar-refractivity contribution < 1.29 is 0 Å². The van der Waals surface area contributed by atoms with E-state index in [4.69, 9.17) is 0 Å². The molecular formula is C26H22N4. The van der Waals surface area contributed by atoms with Crippen LogP contribution in [0.15, 0.2) is 97.5 Å². The summed E-state index contributed by atoms with van der Waals surface area (Å²) in [6.45, 7) is 2.91. The molecule has 0 spiro atoms. The Balaban J connectivity index is 1.42. The van der Waals surface area contributed by atoms with Crippen molar-refractivity contribution in [2.45, 2.75) is 13.5 Å². The number of para-hydroxylation sites is 1. The zero-order valence-corrected chi connectivity index (χ0v) is 16.8. The second-order valence-corrected chi connectivity index (χ2v) is 7.38. The van der Waals surface area contributed by atoms with Crippen LogP contribution in [0.3, 0.4) is 0 Å². The van der Waals surface area contributed by atoms with Crippen molar-refractivity contribution in [3.8, 4) is 22.5 Å². The molecule has 30 heavy (non-hydrogen) atoms. The summed E-state index contributed by atoms with van der Waals surface area (Å²) >= 11 is 0. The highest BCUT2D eigenvalue weighted by Gasteiger charge is 2.10. The lowest BCUT2D eigenvalue weighted by Gasteiger charge is -2.09. The Kier molecular flexibility index (Phi) is 4.74. The largest absolute Gasteiger partial charge is 0.381 e. The van der Waals surface area contributed by atoms with Gasteiger partial charge in [-0.15, -0.1) is 0 Å². The van der Waals surface area contributed by atoms with Crippen LogP contribution in [0.5, 0.6) is 0 Å². The number of rotatable bonds is 5. The van der Waals surface area contributed by atoms with E-state index >= 15 is 0 Å². The molecular weight excluding hydrogens is 368 g/mol. The average molecular weight is 390 g/mol. The first-order valence-electron chi connectivity index (χ1n) is 10.1. The predicted molar refractivity (Wildman–Crippen MR) is 122 cm³/mol. The second-order valence-electron chi connectivity index (χ2n) is 7.38. The highest BCUT2D eigenvalue weighted by atomic mass is 15.0. The predicted octanol–water partition coefficient (Wildman–Crippen LogP) is 5.98. The first-order chi connectivity index (χ1) is 14.8. The van der Waals surface area contributed by atoms with Crippen LogP contribution in [0.2, 0.25) is 0 Å². The number of benzene rings is 3. The van der Waals surface area contributed by atoms with Gasteiger partial charge >= 0.3 is 0 Å². The summed E-state index contributed by atoms with van der Waals surface area (Å²) in [6.07, 6.45) is 5.82. The quantitative estimate of drug-likeness (QED) is 0.401. The van der Waals surface area contributed by atoms with Crippen LogP contribution >= 0.6 is 0 Å². The Morgan fingerprint density at radius 2 is 1.57 bits per heavy atom. The number of nitrogens with one attached hydrogen (secondary N) is 1. The van der Waals surface area contributed by atoms with Crippen molar-refractivity contribution in [2.24, 2.45) is 0 Å². The van der Waals surface area contributed by atoms with Gasteiger partial charge in [0.05, 0.1) is 23.8 Å². The maximum Gasteiger partial charge on any atom is 0.155 e. The van der Waals surface area contributed by atoms with Gasteiger partial charge in [-0.05, 0) is 30.2 Å². The van der Waals surface area contributed by atoms with Crippen molar-refractivity contribution in [1.29, 1.82) is 0 Å². The molecule has 0 fully saturated rings. The van der Waals surface area contributed by atoms with E-state index in [1.165, 1.54) is 16.7 Å². The number of imidazole rings is 1. The van der Waals surface area contributed by atoms with Gasteiger partial charge in [0.15, 0.2) is 5.65 Å². The van der Waals surface area contributed by atoms with Gasteiger partial charge in [0.25, 0.3) is 0 Å². The molecule has 2 aromatic heterocycles. The normalized spacial score (nSPS) is 11.0. The molecule has 0 radical (unpaired) electrons. The highest BCUT2D eigenvalue weighted by Crippen LogP contribution is 2.26. The van der Waals surface area contributed by atoms with Crippen molar-refractivity contribution in [3.63, 3.8) is 0 Å². The number of aryl methyl sites for hydroxylation is 1. The molecule has 0 saturated carbocycles. The van der Waals surface area contributed by atoms with Crippen LogP contribution in [0.1, 0.15) is 11.1 Å². The molecule has 0 amide bonds. The number of aromatic nitrogens is 3. The molecule has 5 rings (SSSR count). The minimum absolute atomic E-state index is 0.787. The first-order valence-corrected chi connectivity index (χ1v) is 10.1. The van der Waals surface area contributed by atoms with E-state index in [0.717, 1.165) is 34.8 Å². The third-order valence-electron chi connectivity index (χ3n) is 5.34. The molecule has 146 valence electrons. The minimum atomic E-state index is 0.787. The fourth-order valence-corrected chi connectivity index (χ4v) is 3.65. The molecule has 0 aliphatic heterocycles. The summed E-state index contributed by atoms with van der Waals surface area (Å²) in [5.74, 6) is 0. The van der Waals surface area contributed by atoms with Crippen molar-refractivity contribution >= 4 is 11.3 Å². The summed E-state index contributed by atoms with van der Waals surface area (Å²) in [7, 11) is 0. The highest BCUT2D eigenvalue weighted by molar-refractivity contribution is 5.68. The zero-order chi connectivity index (χ0) is 20.3. The number of hydrogen-bond donors (Lipinski definition) is 1. The molecule has 5 aromatic rings. The zero-order valence-electron chi connectivity index (χ0n) is 16.8. The molecule has 0 atom stereocenters. The number of nitrogens with zero attached hydrogens (tertiary/aromatic N) is 3. The molecule has 2 heterocycles. The summed E-state index contributed by atoms with van der Waals surface area (Å²) in [6, 6.07) is 27.2. The molecule has 4 heteroatoms. The standard InChI is InChI=1S/C26H22N4/c1-19-7-5-6-10-23(19)25-16-29-26-17-28-24(18-30(25)26)21-13-11-20(12-14-21)15-27-22-8-3-2-4-9-22/h2-14,16-18,27H,15H2,1H3. The van der Waals surface area contributed by atoms with E-state index in [1.54, 1.807) is 0 Å². The summed E-state index contributed by atoms with van der Waals surface area (Å²) in [5.41, 5.74) is 8.71. The number of anilines is 1. The SMILES string of the molecule is Cc1ccccc1-c1cnc2cnc(-c3ccc(CNc4ccccc4)cc3)cn12. The van der Waals surface area contributed by atoms with Gasteiger partial charge < -0.3 is 5.32 Å². The molecule has 0 aliphatic rings. The summed E-state index contributed by atoms with van der Waals surface area (Å²) in [4.78, 5) is 9.16. The lowest BCUT2D eigenvalue weighted by Crippen LogP contribution is -1.99. The molecule has 0 bridgehead atoms. The Morgan fingerprint density at radius 1 is 0.800 bits per heavy atom. The van der Waals surface area contributed by atoms with Gasteiger partial charge in [0.2, 0.25) is 0 Å². The third-order valence-corrected chi connectivity index (χ3v) is 5.34. The van der Waals surface area contributed by atoms with Crippen LogP contribution in [0, 0.1) is 6.92 Å². The van der Waals surface area contributed by atoms with Gasteiger partial charge in [-0.3, -0.25) is 9.38 Å². The van der Waals surface area contributed by atoms with E-state index in [-0.39, 0.29) is 0 Å². The Bertz CT molecular complexity index is 1290. The lowest BCUT2D eigenvalue weighted by atomic mass is 10.1. The van der Waals surface area contributed by atoms with Crippen LogP contribution in [0.4, 0.5) is 5.69 Å². The van der Waals surface area contributed by atoms with Crippen LogP contribution in [0.25, 0.3) is 28.2 Å². The smallest absolute Gasteiger partial charge is 0.155 e. The van der Waals surface area contributed by atoms with Crippen molar-refractivity contribution in [1.82, 2.24) is 14.4 Å².